The Balaban J connectivity index is 2.80. The molecule has 0 heterocycles. The first-order valence-electron chi connectivity index (χ1n) is 11.8. The zero-order valence-corrected chi connectivity index (χ0v) is 25.7. The Kier molecular flexibility index (Phi) is 7.44. The molecular formula is C26H45Cl2SiTi. The normalized spacial score (nSPS) is 24.8. The van der Waals surface area contributed by atoms with E-state index in [4.69, 9.17) is 18.6 Å². The molecule has 0 aromatic rings. The van der Waals surface area contributed by atoms with Crippen LogP contribution in [0, 0.1) is 22.7 Å². The average Bonchev–Trinajstić information content (AvgIpc) is 3.20. The summed E-state index contributed by atoms with van der Waals surface area (Å²) in [6, 6.07) is 0. The average molecular weight is 505 g/mol. The molecule has 30 heavy (non-hydrogen) atoms. The molecular weight excluding hydrogens is 459 g/mol. The molecule has 4 heteroatoms. The van der Waals surface area contributed by atoms with Crippen LogP contribution in [0.3, 0.4) is 0 Å². The van der Waals surface area contributed by atoms with E-state index >= 15 is 0 Å². The predicted octanol–water partition coefficient (Wildman–Crippen LogP) is 9.68. The van der Waals surface area contributed by atoms with Crippen molar-refractivity contribution in [2.75, 3.05) is 0 Å². The van der Waals surface area contributed by atoms with E-state index in [1.807, 2.05) is 0 Å². The van der Waals surface area contributed by atoms with Crippen LogP contribution in [0.5, 0.6) is 0 Å². The van der Waals surface area contributed by atoms with Crippen molar-refractivity contribution in [3.05, 3.63) is 46.6 Å². The van der Waals surface area contributed by atoms with Crippen molar-refractivity contribution in [2.24, 2.45) is 22.7 Å². The molecule has 0 spiro atoms. The molecule has 2 aliphatic carbocycles. The second-order valence-electron chi connectivity index (χ2n) is 12.7. The first-order valence-corrected chi connectivity index (χ1v) is 23.5. The van der Waals surface area contributed by atoms with Gasteiger partial charge in [0.1, 0.15) is 0 Å². The third-order valence-corrected chi connectivity index (χ3v) is 42.9. The molecule has 0 aliphatic heterocycles. The molecule has 2 unspecified atom stereocenters. The molecule has 2 rings (SSSR count). The summed E-state index contributed by atoms with van der Waals surface area (Å²) < 4.78 is 0.461. The minimum atomic E-state index is -4.07. The first-order chi connectivity index (χ1) is 13.3. The van der Waals surface area contributed by atoms with E-state index in [9.17, 15) is 0 Å². The Morgan fingerprint density at radius 2 is 1.03 bits per heavy atom. The van der Waals surface area contributed by atoms with Gasteiger partial charge in [-0.25, -0.2) is 0 Å². The molecule has 0 nitrogen and oxygen atoms in total. The van der Waals surface area contributed by atoms with Crippen molar-refractivity contribution in [3.63, 3.8) is 0 Å². The number of hydrogen-bond acceptors (Lipinski definition) is 0. The van der Waals surface area contributed by atoms with Gasteiger partial charge in [-0.05, 0) is 0 Å². The number of allylic oxidation sites excluding steroid dienone is 8. The van der Waals surface area contributed by atoms with Gasteiger partial charge >= 0.3 is 198 Å². The standard InChI is InChI=1S/2C12H19.C2H7Si.2ClH.Ti/c2*1-9(2)10-6-7-11(8-10)12(3,4)5;1-3-2;;;/h2*6-9H,1-5H3;3H,1-2H3;2*1H;/q;;;;;+2/p-2. The Morgan fingerprint density at radius 1 is 0.733 bits per heavy atom. The molecule has 2 atom stereocenters. The third-order valence-electron chi connectivity index (χ3n) is 7.41. The topological polar surface area (TPSA) is 0 Å². The zero-order chi connectivity index (χ0) is 23.5. The molecule has 0 N–H and O–H groups in total. The van der Waals surface area contributed by atoms with Crippen LogP contribution in [0.4, 0.5) is 0 Å². The van der Waals surface area contributed by atoms with Gasteiger partial charge in [-0.1, -0.05) is 0 Å². The van der Waals surface area contributed by atoms with Crippen molar-refractivity contribution in [3.8, 4) is 0 Å². The van der Waals surface area contributed by atoms with E-state index in [-0.39, 0.29) is 19.3 Å². The SMILES string of the molecule is CC(C)C1=CC(C(C)(C)C)=C[CH]1[Ti]([Cl])([Cl])([CH]1C=C(C(C)(C)C)C=C1C(C)C)[SiH](C)C. The summed E-state index contributed by atoms with van der Waals surface area (Å²) in [6.07, 6.45) is 9.89. The van der Waals surface area contributed by atoms with E-state index < -0.39 is 19.1 Å². The Labute approximate surface area is 196 Å². The minimum absolute atomic E-state index is 0.111. The molecule has 2 aliphatic rings. The summed E-state index contributed by atoms with van der Waals surface area (Å²) in [5, 5.41) is 0. The number of halogens is 2. The van der Waals surface area contributed by atoms with Gasteiger partial charge in [0.25, 0.3) is 0 Å². The predicted molar refractivity (Wildman–Crippen MR) is 139 cm³/mol. The van der Waals surface area contributed by atoms with Gasteiger partial charge in [-0.2, -0.15) is 0 Å². The molecule has 0 aromatic heterocycles. The summed E-state index contributed by atoms with van der Waals surface area (Å²) in [5.41, 5.74) is 6.00. The number of rotatable bonds is 5. The van der Waals surface area contributed by atoms with E-state index in [0.717, 1.165) is 0 Å². The molecule has 171 valence electrons. The van der Waals surface area contributed by atoms with Crippen LogP contribution < -0.4 is 0 Å². The van der Waals surface area contributed by atoms with Gasteiger partial charge in [0.05, 0.1) is 0 Å². The van der Waals surface area contributed by atoms with E-state index in [0.29, 0.717) is 11.8 Å². The van der Waals surface area contributed by atoms with Crippen LogP contribution in [0.2, 0.25) is 21.5 Å². The number of hydrogen-bond donors (Lipinski definition) is 0. The van der Waals surface area contributed by atoms with E-state index in [1.54, 1.807) is 0 Å². The second-order valence-corrected chi connectivity index (χ2v) is 42.1. The van der Waals surface area contributed by atoms with Crippen molar-refractivity contribution in [1.29, 1.82) is 0 Å². The Bertz CT molecular complexity index is 749. The molecule has 0 aromatic carbocycles. The first kappa shape index (κ1) is 26.7. The fourth-order valence-corrected chi connectivity index (χ4v) is 24.2. The van der Waals surface area contributed by atoms with Crippen LogP contribution >= 0.6 is 18.6 Å². The monoisotopic (exact) mass is 503 g/mol. The van der Waals surface area contributed by atoms with Crippen molar-refractivity contribution in [2.45, 2.75) is 90.8 Å². The van der Waals surface area contributed by atoms with Crippen LogP contribution in [-0.2, 0) is 12.4 Å². The molecule has 0 bridgehead atoms. The zero-order valence-electron chi connectivity index (χ0n) is 21.5. The molecule has 0 amide bonds. The maximum atomic E-state index is 8.10. The summed E-state index contributed by atoms with van der Waals surface area (Å²) in [6.45, 7) is 26.5. The summed E-state index contributed by atoms with van der Waals surface area (Å²) in [7, 11) is 16.2. The Hall–Kier alpha value is 0.471. The summed E-state index contributed by atoms with van der Waals surface area (Å²) >= 11 is -4.07. The van der Waals surface area contributed by atoms with Gasteiger partial charge in [0, 0.05) is 0 Å². The van der Waals surface area contributed by atoms with Gasteiger partial charge in [-0.15, -0.1) is 0 Å². The van der Waals surface area contributed by atoms with Crippen molar-refractivity contribution in [1.82, 2.24) is 0 Å². The summed E-state index contributed by atoms with van der Waals surface area (Å²) in [4.78, 5) is 0. The molecule has 0 saturated heterocycles. The van der Waals surface area contributed by atoms with Crippen LogP contribution in [-0.4, -0.2) is 6.66 Å². The van der Waals surface area contributed by atoms with E-state index in [2.05, 4.69) is 107 Å². The van der Waals surface area contributed by atoms with Gasteiger partial charge in [0.2, 0.25) is 0 Å². The van der Waals surface area contributed by atoms with Crippen molar-refractivity contribution < 1.29 is 12.4 Å². The van der Waals surface area contributed by atoms with Crippen LogP contribution in [0.1, 0.15) is 69.2 Å². The molecule has 0 radical (unpaired) electrons. The third kappa shape index (κ3) is 4.58. The Morgan fingerprint density at radius 3 is 1.23 bits per heavy atom. The van der Waals surface area contributed by atoms with Gasteiger partial charge in [-0.3, -0.25) is 0 Å². The van der Waals surface area contributed by atoms with Gasteiger partial charge < -0.3 is 0 Å². The fraction of sp³-hybridized carbons (Fsp3) is 0.692. The van der Waals surface area contributed by atoms with Crippen LogP contribution in [0.15, 0.2) is 46.6 Å². The fourth-order valence-electron chi connectivity index (χ4n) is 5.04. The maximum absolute atomic E-state index is 8.10. The summed E-state index contributed by atoms with van der Waals surface area (Å²) in [5.74, 6) is 0.914. The van der Waals surface area contributed by atoms with Crippen LogP contribution in [0.25, 0.3) is 0 Å². The molecule has 0 saturated carbocycles. The van der Waals surface area contributed by atoms with E-state index in [1.165, 1.54) is 22.3 Å². The quantitative estimate of drug-likeness (QED) is 0.327. The van der Waals surface area contributed by atoms with Crippen molar-refractivity contribution >= 4 is 25.3 Å². The van der Waals surface area contributed by atoms with Gasteiger partial charge in [0.15, 0.2) is 0 Å². The second kappa shape index (κ2) is 8.36. The molecule has 0 fully saturated rings.